The second kappa shape index (κ2) is 10.5. The van der Waals surface area contributed by atoms with Gasteiger partial charge in [-0.1, -0.05) is 28.1 Å². The van der Waals surface area contributed by atoms with E-state index in [1.165, 1.54) is 0 Å². The number of nitrogens with zero attached hydrogens (tertiary/aromatic N) is 6. The number of halogens is 1. The summed E-state index contributed by atoms with van der Waals surface area (Å²) in [6.45, 7) is 0. The standard InChI is InChI=1S/C29H25BrN6O3/c1-39-21-9-3-8-20(15-21)36(29-32-17-23-25(34-29)11-5-13-27(23)38)35(19-7-2-6-18(30)14-19)28-31-16-22-24(33-28)10-4-12-26(22)37/h2-3,6-9,14-17H,4-5,10-13H2,1H3. The highest BCUT2D eigenvalue weighted by atomic mass is 79.9. The van der Waals surface area contributed by atoms with Crippen LogP contribution in [0.3, 0.4) is 0 Å². The number of anilines is 4. The lowest BCUT2D eigenvalue weighted by molar-refractivity contribution is 0.0963. The van der Waals surface area contributed by atoms with Crippen molar-refractivity contribution in [1.82, 2.24) is 19.9 Å². The van der Waals surface area contributed by atoms with E-state index >= 15 is 0 Å². The molecule has 2 heterocycles. The van der Waals surface area contributed by atoms with Gasteiger partial charge in [-0.2, -0.15) is 0 Å². The Morgan fingerprint density at radius 2 is 1.28 bits per heavy atom. The molecule has 2 aliphatic carbocycles. The van der Waals surface area contributed by atoms with E-state index in [9.17, 15) is 9.59 Å². The Hall–Kier alpha value is -4.18. The van der Waals surface area contributed by atoms with Gasteiger partial charge in [0, 0.05) is 35.8 Å². The number of carbonyl (C=O) groups excluding carboxylic acids is 2. The van der Waals surface area contributed by atoms with Gasteiger partial charge in [-0.25, -0.2) is 30.0 Å². The fourth-order valence-corrected chi connectivity index (χ4v) is 5.34. The average Bonchev–Trinajstić information content (AvgIpc) is 2.96. The first-order chi connectivity index (χ1) is 19.0. The van der Waals surface area contributed by atoms with Gasteiger partial charge in [0.25, 0.3) is 0 Å². The van der Waals surface area contributed by atoms with Crippen molar-refractivity contribution >= 4 is 50.8 Å². The molecule has 9 nitrogen and oxygen atoms in total. The van der Waals surface area contributed by atoms with Crippen molar-refractivity contribution in [2.75, 3.05) is 17.1 Å². The first kappa shape index (κ1) is 25.1. The van der Waals surface area contributed by atoms with Gasteiger partial charge >= 0.3 is 0 Å². The summed E-state index contributed by atoms with van der Waals surface area (Å²) in [5.41, 5.74) is 4.01. The van der Waals surface area contributed by atoms with E-state index in [1.54, 1.807) is 19.5 Å². The molecule has 0 N–H and O–H groups in total. The Balaban J connectivity index is 1.59. The van der Waals surface area contributed by atoms with E-state index in [1.807, 2.05) is 58.5 Å². The third-order valence-corrected chi connectivity index (χ3v) is 7.37. The molecule has 0 fully saturated rings. The number of hydrogen-bond acceptors (Lipinski definition) is 9. The van der Waals surface area contributed by atoms with Crippen LogP contribution < -0.4 is 14.8 Å². The summed E-state index contributed by atoms with van der Waals surface area (Å²) in [4.78, 5) is 44.1. The van der Waals surface area contributed by atoms with Gasteiger partial charge in [-0.05, 0) is 56.0 Å². The third kappa shape index (κ3) is 4.87. The van der Waals surface area contributed by atoms with Crippen LogP contribution in [0, 0.1) is 0 Å². The summed E-state index contributed by atoms with van der Waals surface area (Å²) >= 11 is 3.59. The molecule has 2 aliphatic rings. The Morgan fingerprint density at radius 1 is 0.744 bits per heavy atom. The number of fused-ring (bicyclic) bond motifs is 2. The molecule has 10 heteroatoms. The summed E-state index contributed by atoms with van der Waals surface area (Å²) in [6, 6.07) is 15.3. The minimum absolute atomic E-state index is 0.0577. The van der Waals surface area contributed by atoms with Crippen LogP contribution in [-0.2, 0) is 12.8 Å². The predicted octanol–water partition coefficient (Wildman–Crippen LogP) is 5.97. The predicted molar refractivity (Wildman–Crippen MR) is 150 cm³/mol. The molecular weight excluding hydrogens is 560 g/mol. The second-order valence-electron chi connectivity index (χ2n) is 9.42. The molecule has 0 radical (unpaired) electrons. The molecule has 2 aromatic carbocycles. The van der Waals surface area contributed by atoms with Crippen molar-refractivity contribution < 1.29 is 14.3 Å². The summed E-state index contributed by atoms with van der Waals surface area (Å²) in [6.07, 6.45) is 7.11. The summed E-state index contributed by atoms with van der Waals surface area (Å²) < 4.78 is 6.40. The molecule has 4 aromatic rings. The van der Waals surface area contributed by atoms with Crippen molar-refractivity contribution in [3.63, 3.8) is 0 Å². The van der Waals surface area contributed by atoms with Crippen LogP contribution in [0.4, 0.5) is 23.3 Å². The first-order valence-corrected chi connectivity index (χ1v) is 13.6. The first-order valence-electron chi connectivity index (χ1n) is 12.8. The number of rotatable bonds is 6. The molecule has 0 aliphatic heterocycles. The summed E-state index contributed by atoms with van der Waals surface area (Å²) in [5, 5.41) is 3.64. The number of ketones is 2. The number of methoxy groups -OCH3 is 1. The lowest BCUT2D eigenvalue weighted by Gasteiger charge is -2.35. The number of aromatic nitrogens is 4. The number of Topliss-reactive ketones (excluding diaryl/α,β-unsaturated/α-hetero) is 2. The fraction of sp³-hybridized carbons (Fsp3) is 0.241. The van der Waals surface area contributed by atoms with E-state index in [4.69, 9.17) is 14.7 Å². The maximum atomic E-state index is 12.5. The SMILES string of the molecule is COc1cccc(N(c2ncc3c(n2)CCCC3=O)N(c2cccc(Br)c2)c2ncc3c(n2)CCCC3=O)c1. The molecule has 0 bridgehead atoms. The maximum Gasteiger partial charge on any atom is 0.250 e. The van der Waals surface area contributed by atoms with E-state index in [2.05, 4.69) is 25.9 Å². The monoisotopic (exact) mass is 584 g/mol. The quantitative estimate of drug-likeness (QED) is 0.254. The molecular formula is C29H25BrN6O3. The Morgan fingerprint density at radius 3 is 1.82 bits per heavy atom. The van der Waals surface area contributed by atoms with Crippen LogP contribution in [0.5, 0.6) is 5.75 Å². The van der Waals surface area contributed by atoms with Crippen molar-refractivity contribution in [2.45, 2.75) is 38.5 Å². The molecule has 0 saturated heterocycles. The molecule has 6 rings (SSSR count). The fourth-order valence-electron chi connectivity index (χ4n) is 4.96. The molecule has 39 heavy (non-hydrogen) atoms. The van der Waals surface area contributed by atoms with E-state index < -0.39 is 0 Å². The van der Waals surface area contributed by atoms with Crippen LogP contribution in [-0.4, -0.2) is 38.6 Å². The number of hydrazine groups is 1. The Kier molecular flexibility index (Phi) is 6.78. The second-order valence-corrected chi connectivity index (χ2v) is 10.3. The molecule has 0 amide bonds. The third-order valence-electron chi connectivity index (χ3n) is 6.88. The zero-order valence-corrected chi connectivity index (χ0v) is 22.9. The van der Waals surface area contributed by atoms with Crippen LogP contribution >= 0.6 is 15.9 Å². The van der Waals surface area contributed by atoms with E-state index in [-0.39, 0.29) is 11.6 Å². The lowest BCUT2D eigenvalue weighted by Crippen LogP contribution is -2.39. The van der Waals surface area contributed by atoms with Gasteiger partial charge in [0.05, 0.1) is 41.0 Å². The van der Waals surface area contributed by atoms with Gasteiger partial charge in [0.2, 0.25) is 11.9 Å². The molecule has 196 valence electrons. The van der Waals surface area contributed by atoms with Gasteiger partial charge in [0.15, 0.2) is 11.6 Å². The number of hydrogen-bond donors (Lipinski definition) is 0. The zero-order chi connectivity index (χ0) is 26.9. The van der Waals surface area contributed by atoms with Gasteiger partial charge < -0.3 is 4.74 Å². The van der Waals surface area contributed by atoms with Crippen LogP contribution in [0.25, 0.3) is 0 Å². The van der Waals surface area contributed by atoms with Crippen molar-refractivity contribution in [3.8, 4) is 5.75 Å². The zero-order valence-electron chi connectivity index (χ0n) is 21.3. The van der Waals surface area contributed by atoms with E-state index in [0.717, 1.165) is 34.4 Å². The number of benzene rings is 2. The summed E-state index contributed by atoms with van der Waals surface area (Å²) in [7, 11) is 1.61. The van der Waals surface area contributed by atoms with Crippen molar-refractivity contribution in [2.24, 2.45) is 0 Å². The normalized spacial score (nSPS) is 14.4. The van der Waals surface area contributed by atoms with Gasteiger partial charge in [-0.3, -0.25) is 9.59 Å². The van der Waals surface area contributed by atoms with Crippen LogP contribution in [0.15, 0.2) is 65.4 Å². The average molecular weight is 585 g/mol. The number of ether oxygens (including phenoxy) is 1. The minimum atomic E-state index is 0.0577. The van der Waals surface area contributed by atoms with Crippen LogP contribution in [0.2, 0.25) is 0 Å². The Bertz CT molecular complexity index is 1590. The van der Waals surface area contributed by atoms with Crippen molar-refractivity contribution in [1.29, 1.82) is 0 Å². The number of carbonyl (C=O) groups is 2. The minimum Gasteiger partial charge on any atom is -0.497 e. The maximum absolute atomic E-state index is 12.5. The topological polar surface area (TPSA) is 101 Å². The van der Waals surface area contributed by atoms with Gasteiger partial charge in [0.1, 0.15) is 5.75 Å². The Labute approximate surface area is 234 Å². The molecule has 0 saturated carbocycles. The molecule has 2 aromatic heterocycles. The molecule has 0 spiro atoms. The highest BCUT2D eigenvalue weighted by Crippen LogP contribution is 2.37. The molecule has 0 atom stereocenters. The van der Waals surface area contributed by atoms with E-state index in [0.29, 0.717) is 60.1 Å². The largest absolute Gasteiger partial charge is 0.497 e. The van der Waals surface area contributed by atoms with Gasteiger partial charge in [-0.15, -0.1) is 0 Å². The highest BCUT2D eigenvalue weighted by molar-refractivity contribution is 9.10. The van der Waals surface area contributed by atoms with Crippen molar-refractivity contribution in [3.05, 3.63) is 87.9 Å². The highest BCUT2D eigenvalue weighted by Gasteiger charge is 2.30. The summed E-state index contributed by atoms with van der Waals surface area (Å²) in [5.74, 6) is 1.49. The smallest absolute Gasteiger partial charge is 0.250 e. The van der Waals surface area contributed by atoms with Crippen LogP contribution in [0.1, 0.15) is 57.8 Å². The lowest BCUT2D eigenvalue weighted by atomic mass is 9.96. The number of aryl methyl sites for hydroxylation is 2. The molecule has 0 unspecified atom stereocenters.